The van der Waals surface area contributed by atoms with E-state index in [1.807, 2.05) is 0 Å². The quantitative estimate of drug-likeness (QED) is 0.791. The number of hydrogen-bond acceptors (Lipinski definition) is 4. The van der Waals surface area contributed by atoms with E-state index in [1.54, 1.807) is 25.1 Å². The molecule has 5 heteroatoms. The lowest BCUT2D eigenvalue weighted by Gasteiger charge is -2.16. The van der Waals surface area contributed by atoms with Gasteiger partial charge in [-0.05, 0) is 31.9 Å². The summed E-state index contributed by atoms with van der Waals surface area (Å²) in [4.78, 5) is 22.7. The molecule has 1 aromatic carbocycles. The molecular weight excluding hydrogens is 246 g/mol. The van der Waals surface area contributed by atoms with Crippen LogP contribution in [0.3, 0.4) is 0 Å². The van der Waals surface area contributed by atoms with Crippen LogP contribution in [0.25, 0.3) is 0 Å². The van der Waals surface area contributed by atoms with E-state index in [-0.39, 0.29) is 11.9 Å². The first-order valence-corrected chi connectivity index (χ1v) is 6.24. The van der Waals surface area contributed by atoms with Crippen LogP contribution in [0.15, 0.2) is 18.2 Å². The molecule has 0 saturated heterocycles. The van der Waals surface area contributed by atoms with Crippen molar-refractivity contribution < 1.29 is 19.1 Å². The van der Waals surface area contributed by atoms with Crippen LogP contribution < -0.4 is 14.8 Å². The summed E-state index contributed by atoms with van der Waals surface area (Å²) >= 11 is 0. The summed E-state index contributed by atoms with van der Waals surface area (Å²) in [5.41, 5.74) is 0.395. The minimum atomic E-state index is -0.647. The van der Waals surface area contributed by atoms with Gasteiger partial charge in [0, 0.05) is 12.1 Å². The van der Waals surface area contributed by atoms with Gasteiger partial charge in [-0.3, -0.25) is 9.59 Å². The second-order valence-corrected chi connectivity index (χ2v) is 4.56. The van der Waals surface area contributed by atoms with Crippen LogP contribution in [0, 0.1) is 0 Å². The Morgan fingerprint density at radius 2 is 2.21 bits per heavy atom. The highest BCUT2D eigenvalue weighted by Gasteiger charge is 2.26. The molecule has 2 rings (SSSR count). The third kappa shape index (κ3) is 3.47. The molecule has 1 amide bonds. The van der Waals surface area contributed by atoms with Gasteiger partial charge < -0.3 is 14.8 Å². The Kier molecular flexibility index (Phi) is 4.04. The fourth-order valence-electron chi connectivity index (χ4n) is 1.63. The monoisotopic (exact) mass is 263 g/mol. The van der Waals surface area contributed by atoms with Gasteiger partial charge in [-0.25, -0.2) is 0 Å². The lowest BCUT2D eigenvalue weighted by atomic mass is 10.2. The summed E-state index contributed by atoms with van der Waals surface area (Å²) in [5, 5.41) is 2.86. The molecular formula is C14H17NO4. The van der Waals surface area contributed by atoms with E-state index >= 15 is 0 Å². The average Bonchev–Trinajstić information content (AvgIpc) is 3.22. The average molecular weight is 263 g/mol. The summed E-state index contributed by atoms with van der Waals surface area (Å²) in [5.74, 6) is 0.769. The number of rotatable bonds is 6. The lowest BCUT2D eigenvalue weighted by molar-refractivity contribution is -0.127. The van der Waals surface area contributed by atoms with Gasteiger partial charge in [-0.1, -0.05) is 0 Å². The fraction of sp³-hybridized carbons (Fsp3) is 0.429. The van der Waals surface area contributed by atoms with Crippen LogP contribution in [-0.4, -0.2) is 31.4 Å². The molecule has 0 heterocycles. The minimum Gasteiger partial charge on any atom is -0.497 e. The maximum atomic E-state index is 11.8. The summed E-state index contributed by atoms with van der Waals surface area (Å²) in [6, 6.07) is 5.16. The minimum absolute atomic E-state index is 0.165. The zero-order valence-corrected chi connectivity index (χ0v) is 11.0. The molecule has 1 saturated carbocycles. The third-order valence-electron chi connectivity index (χ3n) is 2.94. The lowest BCUT2D eigenvalue weighted by Crippen LogP contribution is -2.37. The first-order chi connectivity index (χ1) is 9.13. The van der Waals surface area contributed by atoms with E-state index in [0.29, 0.717) is 23.3 Å². The zero-order chi connectivity index (χ0) is 13.8. The molecule has 0 aliphatic heterocycles. The SMILES string of the molecule is COc1ccc(C=O)c(OC(C)C(=O)NC2CC2)c1. The van der Waals surface area contributed by atoms with Crippen molar-refractivity contribution in [2.75, 3.05) is 7.11 Å². The number of hydrogen-bond donors (Lipinski definition) is 1. The topological polar surface area (TPSA) is 64.6 Å². The van der Waals surface area contributed by atoms with E-state index in [4.69, 9.17) is 9.47 Å². The Hall–Kier alpha value is -2.04. The smallest absolute Gasteiger partial charge is 0.260 e. The van der Waals surface area contributed by atoms with Crippen molar-refractivity contribution >= 4 is 12.2 Å². The van der Waals surface area contributed by atoms with Gasteiger partial charge in [0.25, 0.3) is 5.91 Å². The summed E-state index contributed by atoms with van der Waals surface area (Å²) in [6.07, 6.45) is 2.10. The Labute approximate surface area is 111 Å². The fourth-order valence-corrected chi connectivity index (χ4v) is 1.63. The van der Waals surface area contributed by atoms with Crippen LogP contribution in [-0.2, 0) is 4.79 Å². The Morgan fingerprint density at radius 3 is 2.79 bits per heavy atom. The van der Waals surface area contributed by atoms with Crippen molar-refractivity contribution in [2.45, 2.75) is 31.9 Å². The number of carbonyl (C=O) groups excluding carboxylic acids is 2. The highest BCUT2D eigenvalue weighted by atomic mass is 16.5. The van der Waals surface area contributed by atoms with Crippen LogP contribution in [0.2, 0.25) is 0 Å². The molecule has 1 aliphatic rings. The first-order valence-electron chi connectivity index (χ1n) is 6.24. The summed E-state index contributed by atoms with van der Waals surface area (Å²) < 4.78 is 10.6. The summed E-state index contributed by atoms with van der Waals surface area (Å²) in [6.45, 7) is 1.66. The Bertz CT molecular complexity index is 482. The van der Waals surface area contributed by atoms with Crippen LogP contribution >= 0.6 is 0 Å². The van der Waals surface area contributed by atoms with Crippen molar-refractivity contribution in [3.8, 4) is 11.5 Å². The maximum absolute atomic E-state index is 11.8. The van der Waals surface area contributed by atoms with E-state index in [1.165, 1.54) is 7.11 Å². The molecule has 1 aromatic rings. The molecule has 1 unspecified atom stereocenters. The standard InChI is InChI=1S/C14H17NO4/c1-9(14(17)15-11-4-5-11)19-13-7-12(18-2)6-3-10(13)8-16/h3,6-9,11H,4-5H2,1-2H3,(H,15,17). The molecule has 1 atom stereocenters. The predicted molar refractivity (Wildman–Crippen MR) is 69.6 cm³/mol. The Balaban J connectivity index is 2.07. The molecule has 19 heavy (non-hydrogen) atoms. The molecule has 0 aromatic heterocycles. The van der Waals surface area contributed by atoms with Gasteiger partial charge in [0.15, 0.2) is 12.4 Å². The van der Waals surface area contributed by atoms with Crippen LogP contribution in [0.4, 0.5) is 0 Å². The van der Waals surface area contributed by atoms with Crippen molar-refractivity contribution in [3.05, 3.63) is 23.8 Å². The number of amides is 1. The highest BCUT2D eigenvalue weighted by Crippen LogP contribution is 2.25. The first kappa shape index (κ1) is 13.4. The van der Waals surface area contributed by atoms with Crippen molar-refractivity contribution in [1.29, 1.82) is 0 Å². The number of ether oxygens (including phenoxy) is 2. The number of aldehydes is 1. The number of benzene rings is 1. The normalized spacial score (nSPS) is 15.5. The van der Waals surface area contributed by atoms with Crippen molar-refractivity contribution in [1.82, 2.24) is 5.32 Å². The molecule has 1 N–H and O–H groups in total. The van der Waals surface area contributed by atoms with Gasteiger partial charge >= 0.3 is 0 Å². The second-order valence-electron chi connectivity index (χ2n) is 4.56. The van der Waals surface area contributed by atoms with Crippen LogP contribution in [0.5, 0.6) is 11.5 Å². The van der Waals surface area contributed by atoms with Crippen molar-refractivity contribution in [2.24, 2.45) is 0 Å². The van der Waals surface area contributed by atoms with Gasteiger partial charge in [-0.15, -0.1) is 0 Å². The highest BCUT2D eigenvalue weighted by molar-refractivity contribution is 5.83. The van der Waals surface area contributed by atoms with Crippen molar-refractivity contribution in [3.63, 3.8) is 0 Å². The molecule has 1 aliphatic carbocycles. The molecule has 0 spiro atoms. The van der Waals surface area contributed by atoms with Gasteiger partial charge in [0.2, 0.25) is 0 Å². The molecule has 0 radical (unpaired) electrons. The van der Waals surface area contributed by atoms with E-state index in [2.05, 4.69) is 5.32 Å². The summed E-state index contributed by atoms with van der Waals surface area (Å²) in [7, 11) is 1.53. The van der Waals surface area contributed by atoms with E-state index < -0.39 is 6.10 Å². The zero-order valence-electron chi connectivity index (χ0n) is 11.0. The molecule has 5 nitrogen and oxygen atoms in total. The molecule has 102 valence electrons. The van der Waals surface area contributed by atoms with E-state index in [0.717, 1.165) is 12.8 Å². The number of methoxy groups -OCH3 is 1. The second kappa shape index (κ2) is 5.73. The largest absolute Gasteiger partial charge is 0.497 e. The van der Waals surface area contributed by atoms with Gasteiger partial charge in [0.05, 0.1) is 12.7 Å². The van der Waals surface area contributed by atoms with Gasteiger partial charge in [-0.2, -0.15) is 0 Å². The Morgan fingerprint density at radius 1 is 1.47 bits per heavy atom. The predicted octanol–water partition coefficient (Wildman–Crippen LogP) is 1.55. The maximum Gasteiger partial charge on any atom is 0.260 e. The molecule has 0 bridgehead atoms. The number of carbonyl (C=O) groups is 2. The van der Waals surface area contributed by atoms with Gasteiger partial charge in [0.1, 0.15) is 11.5 Å². The van der Waals surface area contributed by atoms with Crippen LogP contribution in [0.1, 0.15) is 30.1 Å². The number of nitrogens with one attached hydrogen (secondary N) is 1. The van der Waals surface area contributed by atoms with E-state index in [9.17, 15) is 9.59 Å². The molecule has 1 fully saturated rings. The third-order valence-corrected chi connectivity index (χ3v) is 2.94.